The third kappa shape index (κ3) is 43.5. The maximum Gasteiger partial charge on any atom is 0.472 e. The van der Waals surface area contributed by atoms with Crippen molar-refractivity contribution in [3.05, 3.63) is 72.9 Å². The molecule has 0 saturated carbocycles. The Morgan fingerprint density at radius 2 is 0.933 bits per heavy atom. The van der Waals surface area contributed by atoms with E-state index >= 15 is 0 Å². The summed E-state index contributed by atoms with van der Waals surface area (Å²) in [4.78, 5) is 33.6. The first-order valence-corrected chi connectivity index (χ1v) is 25.0. The molecule has 60 heavy (non-hydrogen) atoms. The van der Waals surface area contributed by atoms with Gasteiger partial charge in [0.1, 0.15) is 12.1 Å². The second kappa shape index (κ2) is 44.5. The number of allylic oxidation sites excluding steroid dienone is 12. The van der Waals surface area contributed by atoms with Crippen LogP contribution in [-0.4, -0.2) is 60.5 Å². The molecule has 0 heterocycles. The minimum Gasteiger partial charge on any atom is -0.480 e. The van der Waals surface area contributed by atoms with Crippen LogP contribution < -0.4 is 5.73 Å². The molecule has 0 amide bonds. The maximum absolute atomic E-state index is 12.6. The third-order valence-corrected chi connectivity index (χ3v) is 10.7. The average molecular weight is 864 g/mol. The van der Waals surface area contributed by atoms with E-state index < -0.39 is 45.1 Å². The SMILES string of the molecule is CC/C=C\C/C=C\C/C=C\C/C=C\C/C=C\C/C=C\CCC(=O)OC(COCCCCCCCCCCCCCCCCCCCCC)COP(=O)(O)OCC(N)C(=O)O. The zero-order valence-corrected chi connectivity index (χ0v) is 38.7. The van der Waals surface area contributed by atoms with Crippen LogP contribution in [0.2, 0.25) is 0 Å². The summed E-state index contributed by atoms with van der Waals surface area (Å²) in [6, 6.07) is -1.49. The molecule has 0 radical (unpaired) electrons. The van der Waals surface area contributed by atoms with Crippen molar-refractivity contribution in [3.63, 3.8) is 0 Å². The van der Waals surface area contributed by atoms with Crippen LogP contribution in [0.1, 0.15) is 187 Å². The zero-order chi connectivity index (χ0) is 44.0. The van der Waals surface area contributed by atoms with Crippen molar-refractivity contribution in [1.29, 1.82) is 0 Å². The van der Waals surface area contributed by atoms with Crippen LogP contribution in [0.5, 0.6) is 0 Å². The van der Waals surface area contributed by atoms with Crippen molar-refractivity contribution in [1.82, 2.24) is 0 Å². The van der Waals surface area contributed by atoms with E-state index in [9.17, 15) is 19.0 Å². The zero-order valence-electron chi connectivity index (χ0n) is 37.8. The van der Waals surface area contributed by atoms with Crippen LogP contribution in [0.15, 0.2) is 72.9 Å². The predicted octanol–water partition coefficient (Wildman–Crippen LogP) is 13.4. The number of aliphatic carboxylic acids is 1. The smallest absolute Gasteiger partial charge is 0.472 e. The van der Waals surface area contributed by atoms with E-state index in [1.54, 1.807) is 0 Å². The molecule has 0 spiro atoms. The first-order chi connectivity index (χ1) is 29.2. The van der Waals surface area contributed by atoms with Crippen molar-refractivity contribution < 1.29 is 42.7 Å². The van der Waals surface area contributed by atoms with Crippen molar-refractivity contribution in [2.24, 2.45) is 5.73 Å². The molecule has 3 unspecified atom stereocenters. The number of ether oxygens (including phenoxy) is 2. The normalized spacial score (nSPS) is 14.5. The number of phosphoric acid groups is 1. The number of phosphoric ester groups is 1. The molecule has 10 nitrogen and oxygen atoms in total. The summed E-state index contributed by atoms with van der Waals surface area (Å²) in [6.07, 6.45) is 55.5. The van der Waals surface area contributed by atoms with Crippen LogP contribution in [0.3, 0.4) is 0 Å². The quantitative estimate of drug-likeness (QED) is 0.0233. The summed E-state index contributed by atoms with van der Waals surface area (Å²) in [7, 11) is -4.64. The van der Waals surface area contributed by atoms with Crippen LogP contribution in [0.25, 0.3) is 0 Å². The van der Waals surface area contributed by atoms with Crippen LogP contribution in [-0.2, 0) is 32.7 Å². The monoisotopic (exact) mass is 864 g/mol. The Balaban J connectivity index is 4.31. The number of hydrogen-bond acceptors (Lipinski definition) is 8. The van der Waals surface area contributed by atoms with Gasteiger partial charge in [-0.15, -0.1) is 0 Å². The van der Waals surface area contributed by atoms with E-state index in [0.717, 1.165) is 57.8 Å². The van der Waals surface area contributed by atoms with E-state index in [0.29, 0.717) is 13.0 Å². The number of hydrogen-bond donors (Lipinski definition) is 3. The standard InChI is InChI=1S/C49H86NO9P/c1-3-5-7-9-11-13-15-17-19-21-23-25-27-29-31-33-35-37-39-41-48(51)59-46(44-57-60(54,55)58-45-47(50)49(52)53)43-56-42-40-38-36-34-32-30-28-26-24-22-20-18-16-14-12-10-8-6-4-2/h5,7,11,13,17,19,23,25,29,31,35,37,46-47H,3-4,6,8-10,12,14-16,18,20-22,24,26-28,30,32-34,36,38-45,50H2,1-2H3,(H,52,53)(H,54,55)/b7-5-,13-11-,19-17-,25-23-,31-29-,37-35-. The third-order valence-electron chi connectivity index (χ3n) is 9.76. The Morgan fingerprint density at radius 3 is 1.35 bits per heavy atom. The topological polar surface area (TPSA) is 155 Å². The van der Waals surface area contributed by atoms with Gasteiger partial charge in [-0.1, -0.05) is 202 Å². The molecule has 0 aromatic rings. The second-order valence-corrected chi connectivity index (χ2v) is 17.0. The fourth-order valence-electron chi connectivity index (χ4n) is 6.16. The van der Waals surface area contributed by atoms with Crippen molar-refractivity contribution in [2.45, 2.75) is 199 Å². The Hall–Kier alpha value is -2.59. The molecule has 0 aliphatic carbocycles. The number of nitrogens with two attached hydrogens (primary N) is 1. The minimum absolute atomic E-state index is 0.0145. The summed E-state index contributed by atoms with van der Waals surface area (Å²) in [5.41, 5.74) is 5.36. The van der Waals surface area contributed by atoms with Gasteiger partial charge in [0.15, 0.2) is 0 Å². The van der Waals surface area contributed by atoms with Crippen LogP contribution in [0.4, 0.5) is 0 Å². The van der Waals surface area contributed by atoms with Crippen molar-refractivity contribution >= 4 is 19.8 Å². The van der Waals surface area contributed by atoms with Crippen LogP contribution >= 0.6 is 7.82 Å². The number of carboxylic acid groups (broad SMARTS) is 1. The molecule has 346 valence electrons. The second-order valence-electron chi connectivity index (χ2n) is 15.5. The molecule has 0 rings (SSSR count). The highest BCUT2D eigenvalue weighted by Crippen LogP contribution is 2.43. The van der Waals surface area contributed by atoms with Gasteiger partial charge in [0.05, 0.1) is 19.8 Å². The Morgan fingerprint density at radius 1 is 0.550 bits per heavy atom. The molecular formula is C49H86NO9P. The lowest BCUT2D eigenvalue weighted by molar-refractivity contribution is -0.154. The van der Waals surface area contributed by atoms with Crippen molar-refractivity contribution in [3.8, 4) is 0 Å². The van der Waals surface area contributed by atoms with Gasteiger partial charge in [0, 0.05) is 13.0 Å². The molecule has 0 aliphatic rings. The fourth-order valence-corrected chi connectivity index (χ4v) is 6.94. The van der Waals surface area contributed by atoms with Crippen LogP contribution in [0, 0.1) is 0 Å². The highest BCUT2D eigenvalue weighted by molar-refractivity contribution is 7.47. The van der Waals surface area contributed by atoms with E-state index in [1.165, 1.54) is 103 Å². The Kier molecular flexibility index (Phi) is 42.5. The molecule has 0 aliphatic heterocycles. The molecule has 0 aromatic heterocycles. The van der Waals surface area contributed by atoms with Gasteiger partial charge in [-0.05, 0) is 51.4 Å². The summed E-state index contributed by atoms with van der Waals surface area (Å²) in [5.74, 6) is -1.87. The summed E-state index contributed by atoms with van der Waals surface area (Å²) >= 11 is 0. The summed E-state index contributed by atoms with van der Waals surface area (Å²) in [5, 5.41) is 8.91. The van der Waals surface area contributed by atoms with E-state index in [-0.39, 0.29) is 13.0 Å². The minimum atomic E-state index is -4.64. The van der Waals surface area contributed by atoms with E-state index in [2.05, 4.69) is 74.6 Å². The van der Waals surface area contributed by atoms with Crippen molar-refractivity contribution in [2.75, 3.05) is 26.4 Å². The predicted molar refractivity (Wildman–Crippen MR) is 249 cm³/mol. The summed E-state index contributed by atoms with van der Waals surface area (Å²) in [6.45, 7) is 3.69. The van der Waals surface area contributed by atoms with Gasteiger partial charge in [0.25, 0.3) is 0 Å². The lowest BCUT2D eigenvalue weighted by Gasteiger charge is -2.20. The van der Waals surface area contributed by atoms with E-state index in [4.69, 9.17) is 29.4 Å². The van der Waals surface area contributed by atoms with Gasteiger partial charge < -0.3 is 25.2 Å². The Bertz CT molecular complexity index is 1230. The van der Waals surface area contributed by atoms with E-state index in [1.807, 2.05) is 12.2 Å². The summed E-state index contributed by atoms with van der Waals surface area (Å²) < 4.78 is 33.3. The maximum atomic E-state index is 12.6. The highest BCUT2D eigenvalue weighted by atomic mass is 31.2. The first kappa shape index (κ1) is 57.4. The van der Waals surface area contributed by atoms with Gasteiger partial charge >= 0.3 is 19.8 Å². The molecule has 11 heteroatoms. The molecule has 0 fully saturated rings. The molecular weight excluding hydrogens is 778 g/mol. The first-order valence-electron chi connectivity index (χ1n) is 23.5. The van der Waals surface area contributed by atoms with Gasteiger partial charge in [-0.2, -0.15) is 0 Å². The lowest BCUT2D eigenvalue weighted by Crippen LogP contribution is -2.34. The van der Waals surface area contributed by atoms with Gasteiger partial charge in [-0.3, -0.25) is 18.6 Å². The molecule has 0 aromatic carbocycles. The molecule has 3 atom stereocenters. The number of carbonyl (C=O) groups excluding carboxylic acids is 1. The van der Waals surface area contributed by atoms with Gasteiger partial charge in [0.2, 0.25) is 0 Å². The molecule has 4 N–H and O–H groups in total. The number of unbranched alkanes of at least 4 members (excludes halogenated alkanes) is 18. The van der Waals surface area contributed by atoms with Gasteiger partial charge in [-0.25, -0.2) is 4.57 Å². The fraction of sp³-hybridized carbons (Fsp3) is 0.714. The average Bonchev–Trinajstić information content (AvgIpc) is 3.23. The highest BCUT2D eigenvalue weighted by Gasteiger charge is 2.27. The molecule has 0 saturated heterocycles. The largest absolute Gasteiger partial charge is 0.480 e. The Labute approximate surface area is 365 Å². The lowest BCUT2D eigenvalue weighted by atomic mass is 10.0. The number of carbonyl (C=O) groups is 2. The number of rotatable bonds is 44. The number of carboxylic acids is 1. The molecule has 0 bridgehead atoms. The number of esters is 1.